The molecule has 2 aliphatic carbocycles. The fourth-order valence-electron chi connectivity index (χ4n) is 2.80. The molecular weight excluding hydrogens is 292 g/mol. The molecule has 114 valence electrons. The van der Waals surface area contributed by atoms with Crippen LogP contribution < -0.4 is 5.32 Å². The summed E-state index contributed by atoms with van der Waals surface area (Å²) in [4.78, 5) is 17.7. The normalized spacial score (nSPS) is 19.0. The Morgan fingerprint density at radius 1 is 1.23 bits per heavy atom. The van der Waals surface area contributed by atoms with Crippen molar-refractivity contribution in [1.29, 1.82) is 0 Å². The zero-order valence-electron chi connectivity index (χ0n) is 12.7. The molecule has 2 aliphatic rings. The molecule has 2 aromatic rings. The van der Waals surface area contributed by atoms with Crippen molar-refractivity contribution in [3.63, 3.8) is 0 Å². The number of aryl methyl sites for hydroxylation is 1. The van der Waals surface area contributed by atoms with Gasteiger partial charge in [0.2, 0.25) is 0 Å². The molecule has 1 unspecified atom stereocenters. The van der Waals surface area contributed by atoms with Crippen LogP contribution in [0.2, 0.25) is 0 Å². The Labute approximate surface area is 134 Å². The van der Waals surface area contributed by atoms with E-state index in [1.165, 1.54) is 36.8 Å². The highest BCUT2D eigenvalue weighted by Crippen LogP contribution is 2.43. The number of hydrogen-bond donors (Lipinski definition) is 1. The Bertz CT molecular complexity index is 683. The minimum atomic E-state index is 0.0295. The second-order valence-electron chi connectivity index (χ2n) is 6.54. The van der Waals surface area contributed by atoms with Crippen LogP contribution in [0.5, 0.6) is 0 Å². The van der Waals surface area contributed by atoms with Gasteiger partial charge in [0.15, 0.2) is 0 Å². The van der Waals surface area contributed by atoms with Crippen LogP contribution in [0.4, 0.5) is 0 Å². The Kier molecular flexibility index (Phi) is 3.49. The van der Waals surface area contributed by atoms with Crippen molar-refractivity contribution >= 4 is 17.2 Å². The third-order valence-corrected chi connectivity index (χ3v) is 5.65. The number of benzene rings is 1. The van der Waals surface area contributed by atoms with Crippen LogP contribution in [0.15, 0.2) is 30.5 Å². The van der Waals surface area contributed by atoms with Gasteiger partial charge in [-0.15, -0.1) is 11.3 Å². The average molecular weight is 312 g/mol. The van der Waals surface area contributed by atoms with Crippen LogP contribution in [-0.2, 0) is 0 Å². The number of rotatable bonds is 5. The molecular formula is C18H20N2OS. The predicted octanol–water partition coefficient (Wildman–Crippen LogP) is 4.21. The average Bonchev–Trinajstić information content (AvgIpc) is 3.45. The first-order valence-corrected chi connectivity index (χ1v) is 8.85. The highest BCUT2D eigenvalue weighted by Gasteiger charge is 2.34. The van der Waals surface area contributed by atoms with Crippen molar-refractivity contribution in [3.8, 4) is 0 Å². The summed E-state index contributed by atoms with van der Waals surface area (Å²) in [6.45, 7) is 2.09. The molecule has 2 fully saturated rings. The second kappa shape index (κ2) is 5.51. The monoisotopic (exact) mass is 312 g/mol. The Hall–Kier alpha value is -1.68. The number of nitrogens with one attached hydrogen (secondary N) is 1. The third-order valence-electron chi connectivity index (χ3n) is 4.49. The fraction of sp³-hybridized carbons (Fsp3) is 0.444. The fourth-order valence-corrected chi connectivity index (χ4v) is 3.79. The number of thiazole rings is 1. The van der Waals surface area contributed by atoms with Crippen LogP contribution >= 0.6 is 11.3 Å². The lowest BCUT2D eigenvalue weighted by molar-refractivity contribution is 0.0935. The van der Waals surface area contributed by atoms with E-state index < -0.39 is 0 Å². The highest BCUT2D eigenvalue weighted by atomic mass is 32.1. The summed E-state index contributed by atoms with van der Waals surface area (Å²) < 4.78 is 0. The van der Waals surface area contributed by atoms with Gasteiger partial charge in [-0.2, -0.15) is 0 Å². The van der Waals surface area contributed by atoms with Gasteiger partial charge in [0, 0.05) is 5.92 Å². The van der Waals surface area contributed by atoms with E-state index in [0.717, 1.165) is 9.88 Å². The van der Waals surface area contributed by atoms with Crippen molar-refractivity contribution < 1.29 is 4.79 Å². The molecule has 4 rings (SSSR count). The van der Waals surface area contributed by atoms with Crippen molar-refractivity contribution in [3.05, 3.63) is 51.5 Å². The van der Waals surface area contributed by atoms with Crippen LogP contribution in [0.3, 0.4) is 0 Å². The lowest BCUT2D eigenvalue weighted by Gasteiger charge is -2.18. The molecule has 1 amide bonds. The Morgan fingerprint density at radius 2 is 1.95 bits per heavy atom. The van der Waals surface area contributed by atoms with E-state index in [9.17, 15) is 4.79 Å². The van der Waals surface area contributed by atoms with Gasteiger partial charge in [-0.3, -0.25) is 4.79 Å². The van der Waals surface area contributed by atoms with Crippen molar-refractivity contribution in [2.75, 3.05) is 0 Å². The summed E-state index contributed by atoms with van der Waals surface area (Å²) in [6, 6.07) is 8.66. The van der Waals surface area contributed by atoms with Gasteiger partial charge in [-0.25, -0.2) is 4.98 Å². The number of nitrogens with zero attached hydrogens (tertiary/aromatic N) is 1. The first-order chi connectivity index (χ1) is 10.7. The number of carbonyl (C=O) groups is 1. The van der Waals surface area contributed by atoms with E-state index in [1.54, 1.807) is 17.5 Å². The van der Waals surface area contributed by atoms with Gasteiger partial charge in [0.25, 0.3) is 5.91 Å². The van der Waals surface area contributed by atoms with Gasteiger partial charge in [-0.1, -0.05) is 29.8 Å². The van der Waals surface area contributed by atoms with Crippen molar-refractivity contribution in [2.24, 2.45) is 5.92 Å². The summed E-state index contributed by atoms with van der Waals surface area (Å²) in [5.74, 6) is 1.23. The maximum atomic E-state index is 12.5. The van der Waals surface area contributed by atoms with Gasteiger partial charge >= 0.3 is 0 Å². The van der Waals surface area contributed by atoms with Gasteiger partial charge in [-0.05, 0) is 44.1 Å². The van der Waals surface area contributed by atoms with E-state index >= 15 is 0 Å². The summed E-state index contributed by atoms with van der Waals surface area (Å²) in [5, 5.41) is 4.36. The minimum absolute atomic E-state index is 0.0295. The van der Waals surface area contributed by atoms with E-state index in [0.29, 0.717) is 11.8 Å². The van der Waals surface area contributed by atoms with Crippen LogP contribution in [0.1, 0.15) is 63.4 Å². The first kappa shape index (κ1) is 13.9. The zero-order valence-corrected chi connectivity index (χ0v) is 13.5. The van der Waals surface area contributed by atoms with Gasteiger partial charge in [0.1, 0.15) is 4.88 Å². The van der Waals surface area contributed by atoms with Gasteiger partial charge < -0.3 is 5.32 Å². The van der Waals surface area contributed by atoms with E-state index in [-0.39, 0.29) is 11.9 Å². The van der Waals surface area contributed by atoms with Crippen molar-refractivity contribution in [1.82, 2.24) is 10.3 Å². The third kappa shape index (κ3) is 2.93. The maximum Gasteiger partial charge on any atom is 0.263 e. The first-order valence-electron chi connectivity index (χ1n) is 8.04. The molecule has 1 N–H and O–H groups in total. The molecule has 1 aromatic heterocycles. The van der Waals surface area contributed by atoms with Crippen LogP contribution in [0, 0.1) is 12.8 Å². The maximum absolute atomic E-state index is 12.5. The number of amides is 1. The molecule has 3 nitrogen and oxygen atoms in total. The number of carbonyl (C=O) groups excluding carboxylic acids is 1. The van der Waals surface area contributed by atoms with E-state index in [1.807, 2.05) is 0 Å². The number of aromatic nitrogens is 1. The van der Waals surface area contributed by atoms with Crippen LogP contribution in [0.25, 0.3) is 0 Å². The van der Waals surface area contributed by atoms with Crippen LogP contribution in [-0.4, -0.2) is 10.9 Å². The largest absolute Gasteiger partial charge is 0.344 e. The summed E-state index contributed by atoms with van der Waals surface area (Å²) in [5.41, 5.74) is 2.47. The smallest absolute Gasteiger partial charge is 0.263 e. The summed E-state index contributed by atoms with van der Waals surface area (Å²) in [7, 11) is 0. The Balaban J connectivity index is 1.50. The molecule has 0 aliphatic heterocycles. The zero-order chi connectivity index (χ0) is 15.1. The molecule has 0 radical (unpaired) electrons. The molecule has 0 spiro atoms. The molecule has 22 heavy (non-hydrogen) atoms. The summed E-state index contributed by atoms with van der Waals surface area (Å²) >= 11 is 1.56. The molecule has 1 heterocycles. The molecule has 0 saturated heterocycles. The predicted molar refractivity (Wildman–Crippen MR) is 88.2 cm³/mol. The van der Waals surface area contributed by atoms with Crippen molar-refractivity contribution in [2.45, 2.75) is 44.6 Å². The lowest BCUT2D eigenvalue weighted by Crippen LogP contribution is -2.29. The molecule has 2 saturated carbocycles. The molecule has 4 heteroatoms. The standard InChI is InChI=1S/C18H20N2OS/c1-11-2-4-12(5-3-11)16(13-6-7-13)20-17(21)15-10-19-18(22-15)14-8-9-14/h2-5,10,13-14,16H,6-9H2,1H3,(H,20,21). The van der Waals surface area contributed by atoms with E-state index in [2.05, 4.69) is 41.5 Å². The molecule has 1 atom stereocenters. The summed E-state index contributed by atoms with van der Waals surface area (Å²) in [6.07, 6.45) is 6.60. The minimum Gasteiger partial charge on any atom is -0.344 e. The molecule has 0 bridgehead atoms. The SMILES string of the molecule is Cc1ccc(C(NC(=O)c2cnc(C3CC3)s2)C2CC2)cc1. The quantitative estimate of drug-likeness (QED) is 0.898. The lowest BCUT2D eigenvalue weighted by atomic mass is 10.0. The second-order valence-corrected chi connectivity index (χ2v) is 7.60. The van der Waals surface area contributed by atoms with E-state index in [4.69, 9.17) is 0 Å². The Morgan fingerprint density at radius 3 is 2.59 bits per heavy atom. The molecule has 1 aromatic carbocycles. The number of hydrogen-bond acceptors (Lipinski definition) is 3. The van der Waals surface area contributed by atoms with Gasteiger partial charge in [0.05, 0.1) is 17.2 Å². The highest BCUT2D eigenvalue weighted by molar-refractivity contribution is 7.13. The topological polar surface area (TPSA) is 42.0 Å².